The maximum atomic E-state index is 11.0. The Morgan fingerprint density at radius 3 is 2.80 bits per heavy atom. The van der Waals surface area contributed by atoms with Gasteiger partial charge in [-0.2, -0.15) is 0 Å². The minimum atomic E-state index is 0.251. The van der Waals surface area contributed by atoms with Crippen molar-refractivity contribution in [3.8, 4) is 11.8 Å². The normalized spacial score (nSPS) is 16.9. The molecule has 1 saturated heterocycles. The second-order valence-corrected chi connectivity index (χ2v) is 2.43. The summed E-state index contributed by atoms with van der Waals surface area (Å²) in [4.78, 5) is 11.0. The van der Waals surface area contributed by atoms with E-state index >= 15 is 0 Å². The first-order chi connectivity index (χ1) is 4.84. The first kappa shape index (κ1) is 7.30. The average Bonchev–Trinajstić information content (AvgIpc) is 1.79. The number of ketones is 1. The van der Waals surface area contributed by atoms with Crippen LogP contribution in [0.2, 0.25) is 0 Å². The van der Waals surface area contributed by atoms with Gasteiger partial charge in [-0.3, -0.25) is 4.79 Å². The van der Waals surface area contributed by atoms with Gasteiger partial charge < -0.3 is 5.32 Å². The van der Waals surface area contributed by atoms with Gasteiger partial charge in [0.15, 0.2) is 0 Å². The smallest absolute Gasteiger partial charge is 0.150 e. The second kappa shape index (κ2) is 3.38. The Labute approximate surface area is 61.0 Å². The molecule has 2 heteroatoms. The van der Waals surface area contributed by atoms with Crippen LogP contribution in [0.1, 0.15) is 13.3 Å². The van der Waals surface area contributed by atoms with Crippen LogP contribution >= 0.6 is 0 Å². The largest absolute Gasteiger partial charge is 0.315 e. The highest BCUT2D eigenvalue weighted by atomic mass is 16.1. The molecule has 0 aromatic rings. The Morgan fingerprint density at radius 1 is 1.70 bits per heavy atom. The molecule has 1 heterocycles. The molecule has 0 atom stereocenters. The molecular weight excluding hydrogens is 126 g/mol. The van der Waals surface area contributed by atoms with E-state index in [4.69, 9.17) is 0 Å². The third kappa shape index (κ3) is 1.58. The number of carbonyl (C=O) groups excluding carboxylic acids is 1. The van der Waals surface area contributed by atoms with Gasteiger partial charge in [-0.1, -0.05) is 5.92 Å². The molecule has 0 aromatic heterocycles. The summed E-state index contributed by atoms with van der Waals surface area (Å²) in [6.45, 7) is 3.46. The molecule has 0 spiro atoms. The Hall–Kier alpha value is -0.810. The van der Waals surface area contributed by atoms with Gasteiger partial charge in [0, 0.05) is 19.0 Å². The number of Topliss-reactive ketones (excluding diaryl/α,β-unsaturated/α-hetero) is 1. The molecule has 0 bridgehead atoms. The summed E-state index contributed by atoms with van der Waals surface area (Å²) < 4.78 is 0. The zero-order valence-electron chi connectivity index (χ0n) is 6.11. The Balaban J connectivity index is 2.24. The Bertz CT molecular complexity index is 183. The van der Waals surface area contributed by atoms with Gasteiger partial charge in [-0.05, 0) is 6.92 Å². The van der Waals surface area contributed by atoms with Crippen molar-refractivity contribution in [1.29, 1.82) is 0 Å². The molecule has 0 aromatic carbocycles. The Kier molecular flexibility index (Phi) is 2.47. The van der Waals surface area contributed by atoms with E-state index in [1.807, 2.05) is 0 Å². The highest BCUT2D eigenvalue weighted by Crippen LogP contribution is 2.05. The van der Waals surface area contributed by atoms with Crippen LogP contribution in [-0.2, 0) is 4.79 Å². The highest BCUT2D eigenvalue weighted by molar-refractivity contribution is 5.84. The zero-order valence-corrected chi connectivity index (χ0v) is 6.11. The van der Waals surface area contributed by atoms with E-state index < -0.39 is 0 Å². The molecule has 10 heavy (non-hydrogen) atoms. The maximum Gasteiger partial charge on any atom is 0.150 e. The lowest BCUT2D eigenvalue weighted by Gasteiger charge is -2.24. The van der Waals surface area contributed by atoms with E-state index in [1.54, 1.807) is 6.92 Å². The molecule has 1 fully saturated rings. The van der Waals surface area contributed by atoms with Crippen molar-refractivity contribution >= 4 is 5.78 Å². The summed E-state index contributed by atoms with van der Waals surface area (Å²) in [6.07, 6.45) is 0.433. The van der Waals surface area contributed by atoms with Crippen molar-refractivity contribution in [2.24, 2.45) is 5.92 Å². The van der Waals surface area contributed by atoms with Crippen LogP contribution < -0.4 is 5.32 Å². The van der Waals surface area contributed by atoms with Gasteiger partial charge >= 0.3 is 0 Å². The van der Waals surface area contributed by atoms with E-state index in [0.29, 0.717) is 6.42 Å². The number of carbonyl (C=O) groups is 1. The maximum absolute atomic E-state index is 11.0. The fourth-order valence-electron chi connectivity index (χ4n) is 0.836. The van der Waals surface area contributed by atoms with Crippen LogP contribution in [0.3, 0.4) is 0 Å². The molecule has 1 aliphatic heterocycles. The van der Waals surface area contributed by atoms with Gasteiger partial charge in [0.1, 0.15) is 5.78 Å². The van der Waals surface area contributed by atoms with Gasteiger partial charge in [-0.15, -0.1) is 5.92 Å². The standard InChI is InChI=1S/C8H11NO/c1-2-3-4-8(10)7-5-9-6-7/h7,9H,4-6H2,1H3. The SMILES string of the molecule is CC#CCC(=O)C1CNC1. The van der Waals surface area contributed by atoms with E-state index in [0.717, 1.165) is 13.1 Å². The quantitative estimate of drug-likeness (QED) is 0.550. The van der Waals surface area contributed by atoms with Crippen LogP contribution in [0.15, 0.2) is 0 Å². The summed E-state index contributed by atoms with van der Waals surface area (Å²) in [5, 5.41) is 3.05. The van der Waals surface area contributed by atoms with Crippen LogP contribution in [0, 0.1) is 17.8 Å². The fraction of sp³-hybridized carbons (Fsp3) is 0.625. The highest BCUT2D eigenvalue weighted by Gasteiger charge is 2.23. The monoisotopic (exact) mass is 137 g/mol. The molecule has 0 aliphatic carbocycles. The fourth-order valence-corrected chi connectivity index (χ4v) is 0.836. The third-order valence-electron chi connectivity index (χ3n) is 1.68. The molecule has 1 rings (SSSR count). The van der Waals surface area contributed by atoms with Gasteiger partial charge in [0.2, 0.25) is 0 Å². The summed E-state index contributed by atoms with van der Waals surface area (Å²) >= 11 is 0. The van der Waals surface area contributed by atoms with Gasteiger partial charge in [-0.25, -0.2) is 0 Å². The van der Waals surface area contributed by atoms with Crippen molar-refractivity contribution in [2.45, 2.75) is 13.3 Å². The van der Waals surface area contributed by atoms with Gasteiger partial charge in [0.05, 0.1) is 6.42 Å². The first-order valence-corrected chi connectivity index (χ1v) is 3.47. The third-order valence-corrected chi connectivity index (χ3v) is 1.68. The average molecular weight is 137 g/mol. The van der Waals surface area contributed by atoms with E-state index in [2.05, 4.69) is 17.2 Å². The minimum Gasteiger partial charge on any atom is -0.315 e. The van der Waals surface area contributed by atoms with Crippen molar-refractivity contribution in [3.63, 3.8) is 0 Å². The number of hydrogen-bond donors (Lipinski definition) is 1. The minimum absolute atomic E-state index is 0.251. The summed E-state index contributed by atoms with van der Waals surface area (Å²) in [6, 6.07) is 0. The van der Waals surface area contributed by atoms with Crippen molar-refractivity contribution in [3.05, 3.63) is 0 Å². The molecule has 0 radical (unpaired) electrons. The molecule has 1 N–H and O–H groups in total. The summed E-state index contributed by atoms with van der Waals surface area (Å²) in [5.74, 6) is 6.02. The zero-order chi connectivity index (χ0) is 7.40. The summed E-state index contributed by atoms with van der Waals surface area (Å²) in [7, 11) is 0. The van der Waals surface area contributed by atoms with Crippen LogP contribution in [0.4, 0.5) is 0 Å². The summed E-state index contributed by atoms with van der Waals surface area (Å²) in [5.41, 5.74) is 0. The molecule has 0 unspecified atom stereocenters. The predicted octanol–water partition coefficient (Wildman–Crippen LogP) is 0.188. The molecule has 54 valence electrons. The van der Waals surface area contributed by atoms with Crippen LogP contribution in [-0.4, -0.2) is 18.9 Å². The lowest BCUT2D eigenvalue weighted by Crippen LogP contribution is -2.46. The number of nitrogens with one attached hydrogen (secondary N) is 1. The van der Waals surface area contributed by atoms with E-state index in [1.165, 1.54) is 0 Å². The number of rotatable bonds is 2. The predicted molar refractivity (Wildman–Crippen MR) is 39.4 cm³/mol. The lowest BCUT2D eigenvalue weighted by molar-refractivity contribution is -0.123. The van der Waals surface area contributed by atoms with E-state index in [-0.39, 0.29) is 11.7 Å². The Morgan fingerprint density at radius 2 is 2.40 bits per heavy atom. The lowest BCUT2D eigenvalue weighted by atomic mass is 9.96. The van der Waals surface area contributed by atoms with Crippen molar-refractivity contribution in [1.82, 2.24) is 5.32 Å². The van der Waals surface area contributed by atoms with Crippen molar-refractivity contribution in [2.75, 3.05) is 13.1 Å². The molecule has 0 amide bonds. The number of hydrogen-bond acceptors (Lipinski definition) is 2. The van der Waals surface area contributed by atoms with Crippen molar-refractivity contribution < 1.29 is 4.79 Å². The molecule has 2 nitrogen and oxygen atoms in total. The molecule has 1 aliphatic rings. The first-order valence-electron chi connectivity index (χ1n) is 3.47. The van der Waals surface area contributed by atoms with Gasteiger partial charge in [0.25, 0.3) is 0 Å². The van der Waals surface area contributed by atoms with Crippen LogP contribution in [0.5, 0.6) is 0 Å². The molecule has 0 saturated carbocycles. The topological polar surface area (TPSA) is 29.1 Å². The van der Waals surface area contributed by atoms with Crippen LogP contribution in [0.25, 0.3) is 0 Å². The van der Waals surface area contributed by atoms with E-state index in [9.17, 15) is 4.79 Å². The second-order valence-electron chi connectivity index (χ2n) is 2.43. The molecular formula is C8H11NO.